The van der Waals surface area contributed by atoms with Gasteiger partial charge in [-0.15, -0.1) is 0 Å². The van der Waals surface area contributed by atoms with Crippen molar-refractivity contribution in [3.05, 3.63) is 58.9 Å². The summed E-state index contributed by atoms with van der Waals surface area (Å²) in [7, 11) is 1.61. The van der Waals surface area contributed by atoms with E-state index < -0.39 is 5.82 Å². The van der Waals surface area contributed by atoms with E-state index in [2.05, 4.69) is 10.6 Å². The van der Waals surface area contributed by atoms with Crippen LogP contribution in [0.3, 0.4) is 0 Å². The van der Waals surface area contributed by atoms with Crippen molar-refractivity contribution in [2.45, 2.75) is 18.4 Å². The first-order valence-electron chi connectivity index (χ1n) is 7.21. The highest BCUT2D eigenvalue weighted by Gasteiger charge is 2.45. The van der Waals surface area contributed by atoms with Crippen molar-refractivity contribution >= 4 is 23.3 Å². The van der Waals surface area contributed by atoms with Crippen LogP contribution in [0, 0.1) is 5.82 Å². The molecule has 0 bridgehead atoms. The molecule has 1 aliphatic carbocycles. The van der Waals surface area contributed by atoms with Crippen molar-refractivity contribution in [2.75, 3.05) is 12.4 Å². The molecule has 2 amide bonds. The minimum Gasteiger partial charge on any atom is -0.497 e. The van der Waals surface area contributed by atoms with E-state index in [1.165, 1.54) is 18.2 Å². The smallest absolute Gasteiger partial charge is 0.319 e. The van der Waals surface area contributed by atoms with Gasteiger partial charge in [0, 0.05) is 5.69 Å². The number of ether oxygens (including phenoxy) is 1. The highest BCUT2D eigenvalue weighted by atomic mass is 35.5. The van der Waals surface area contributed by atoms with Crippen molar-refractivity contribution in [3.63, 3.8) is 0 Å². The van der Waals surface area contributed by atoms with Gasteiger partial charge in [-0.3, -0.25) is 0 Å². The van der Waals surface area contributed by atoms with Gasteiger partial charge in [-0.25, -0.2) is 9.18 Å². The van der Waals surface area contributed by atoms with Crippen molar-refractivity contribution in [1.29, 1.82) is 0 Å². The van der Waals surface area contributed by atoms with E-state index in [0.29, 0.717) is 5.69 Å². The summed E-state index contributed by atoms with van der Waals surface area (Å²) in [5.74, 6) is 0.254. The van der Waals surface area contributed by atoms with Gasteiger partial charge in [0.1, 0.15) is 11.6 Å². The van der Waals surface area contributed by atoms with Gasteiger partial charge in [-0.2, -0.15) is 0 Å². The zero-order valence-electron chi connectivity index (χ0n) is 12.5. The molecule has 0 aliphatic heterocycles. The molecule has 0 spiro atoms. The molecule has 4 nitrogen and oxygen atoms in total. The summed E-state index contributed by atoms with van der Waals surface area (Å²) < 4.78 is 18.3. The number of anilines is 1. The highest BCUT2D eigenvalue weighted by molar-refractivity contribution is 6.31. The average molecular weight is 335 g/mol. The molecule has 2 aromatic carbocycles. The second kappa shape index (κ2) is 6.08. The van der Waals surface area contributed by atoms with Gasteiger partial charge >= 0.3 is 6.03 Å². The maximum Gasteiger partial charge on any atom is 0.319 e. The molecular weight excluding hydrogens is 319 g/mol. The van der Waals surface area contributed by atoms with E-state index in [0.717, 1.165) is 24.2 Å². The molecule has 0 saturated heterocycles. The summed E-state index contributed by atoms with van der Waals surface area (Å²) in [6, 6.07) is 11.3. The van der Waals surface area contributed by atoms with Gasteiger partial charge in [0.15, 0.2) is 0 Å². The minimum atomic E-state index is -0.519. The Labute approximate surface area is 138 Å². The van der Waals surface area contributed by atoms with E-state index in [-0.39, 0.29) is 16.6 Å². The number of rotatable bonds is 4. The molecule has 0 radical (unpaired) electrons. The number of hydrogen-bond acceptors (Lipinski definition) is 2. The van der Waals surface area contributed by atoms with Crippen LogP contribution < -0.4 is 15.4 Å². The van der Waals surface area contributed by atoms with Crippen LogP contribution in [0.2, 0.25) is 5.02 Å². The maximum absolute atomic E-state index is 13.1. The Kier molecular flexibility index (Phi) is 4.13. The second-order valence-electron chi connectivity index (χ2n) is 5.52. The number of hydrogen-bond donors (Lipinski definition) is 2. The lowest BCUT2D eigenvalue weighted by Crippen LogP contribution is -2.38. The third-order valence-electron chi connectivity index (χ3n) is 3.92. The standard InChI is InChI=1S/C17H16ClFN2O2/c1-23-13-5-2-11(3-6-13)17(8-9-17)21-16(22)20-12-4-7-15(19)14(18)10-12/h2-7,10H,8-9H2,1H3,(H2,20,21,22). The van der Waals surface area contributed by atoms with Crippen molar-refractivity contribution < 1.29 is 13.9 Å². The van der Waals surface area contributed by atoms with Gasteiger partial charge in [-0.05, 0) is 48.7 Å². The fraction of sp³-hybridized carbons (Fsp3) is 0.235. The number of nitrogens with one attached hydrogen (secondary N) is 2. The number of carbonyl (C=O) groups excluding carboxylic acids is 1. The van der Waals surface area contributed by atoms with Crippen LogP contribution >= 0.6 is 11.6 Å². The largest absolute Gasteiger partial charge is 0.497 e. The molecule has 23 heavy (non-hydrogen) atoms. The Balaban J connectivity index is 1.67. The minimum absolute atomic E-state index is 0.0286. The van der Waals surface area contributed by atoms with Crippen molar-refractivity contribution in [3.8, 4) is 5.75 Å². The Bertz CT molecular complexity index is 730. The van der Waals surface area contributed by atoms with Gasteiger partial charge in [0.25, 0.3) is 0 Å². The normalized spacial score (nSPS) is 14.9. The Morgan fingerprint density at radius 1 is 1.22 bits per heavy atom. The Hall–Kier alpha value is -2.27. The van der Waals surface area contributed by atoms with Crippen LogP contribution in [-0.4, -0.2) is 13.1 Å². The predicted molar refractivity (Wildman–Crippen MR) is 87.5 cm³/mol. The van der Waals surface area contributed by atoms with Crippen LogP contribution in [0.1, 0.15) is 18.4 Å². The van der Waals surface area contributed by atoms with E-state index in [1.807, 2.05) is 24.3 Å². The molecule has 2 aromatic rings. The average Bonchev–Trinajstić information content (AvgIpc) is 3.31. The molecule has 2 N–H and O–H groups in total. The quantitative estimate of drug-likeness (QED) is 0.876. The summed E-state index contributed by atoms with van der Waals surface area (Å²) >= 11 is 5.71. The van der Waals surface area contributed by atoms with Gasteiger partial charge < -0.3 is 15.4 Å². The van der Waals surface area contributed by atoms with Crippen LogP contribution in [0.15, 0.2) is 42.5 Å². The summed E-state index contributed by atoms with van der Waals surface area (Å²) in [5, 5.41) is 5.62. The molecular formula is C17H16ClFN2O2. The highest BCUT2D eigenvalue weighted by Crippen LogP contribution is 2.45. The summed E-state index contributed by atoms with van der Waals surface area (Å²) in [4.78, 5) is 12.2. The lowest BCUT2D eigenvalue weighted by Gasteiger charge is -2.19. The molecule has 3 rings (SSSR count). The van der Waals surface area contributed by atoms with E-state index in [9.17, 15) is 9.18 Å². The number of halogens is 2. The van der Waals surface area contributed by atoms with Gasteiger partial charge in [0.2, 0.25) is 0 Å². The number of methoxy groups -OCH3 is 1. The third kappa shape index (κ3) is 3.40. The predicted octanol–water partition coefficient (Wildman–Crippen LogP) is 4.30. The molecule has 0 heterocycles. The van der Waals surface area contributed by atoms with E-state index in [4.69, 9.17) is 16.3 Å². The molecule has 0 unspecified atom stereocenters. The first kappa shape index (κ1) is 15.6. The molecule has 0 atom stereocenters. The fourth-order valence-electron chi connectivity index (χ4n) is 2.47. The zero-order valence-corrected chi connectivity index (χ0v) is 13.3. The number of carbonyl (C=O) groups is 1. The Morgan fingerprint density at radius 2 is 1.91 bits per heavy atom. The van der Waals surface area contributed by atoms with Crippen LogP contribution in [0.4, 0.5) is 14.9 Å². The van der Waals surface area contributed by atoms with Crippen LogP contribution in [0.5, 0.6) is 5.75 Å². The second-order valence-corrected chi connectivity index (χ2v) is 5.93. The van der Waals surface area contributed by atoms with E-state index >= 15 is 0 Å². The fourth-order valence-corrected chi connectivity index (χ4v) is 2.65. The zero-order chi connectivity index (χ0) is 16.4. The molecule has 0 aromatic heterocycles. The first-order valence-corrected chi connectivity index (χ1v) is 7.59. The third-order valence-corrected chi connectivity index (χ3v) is 4.21. The van der Waals surface area contributed by atoms with Crippen LogP contribution in [0.25, 0.3) is 0 Å². The summed E-state index contributed by atoms with van der Waals surface area (Å²) in [6.07, 6.45) is 1.74. The summed E-state index contributed by atoms with van der Waals surface area (Å²) in [6.45, 7) is 0. The van der Waals surface area contributed by atoms with E-state index in [1.54, 1.807) is 7.11 Å². The lowest BCUT2D eigenvalue weighted by molar-refractivity contribution is 0.247. The number of amides is 2. The summed E-state index contributed by atoms with van der Waals surface area (Å²) in [5.41, 5.74) is 1.13. The van der Waals surface area contributed by atoms with Crippen molar-refractivity contribution in [2.24, 2.45) is 0 Å². The van der Waals surface area contributed by atoms with Gasteiger partial charge in [0.05, 0.1) is 17.7 Å². The molecule has 6 heteroatoms. The SMILES string of the molecule is COc1ccc(C2(NC(=O)Nc3ccc(F)c(Cl)c3)CC2)cc1. The maximum atomic E-state index is 13.1. The number of benzene rings is 2. The molecule has 120 valence electrons. The number of urea groups is 1. The first-order chi connectivity index (χ1) is 11.0. The topological polar surface area (TPSA) is 50.4 Å². The van der Waals surface area contributed by atoms with Crippen molar-refractivity contribution in [1.82, 2.24) is 5.32 Å². The monoisotopic (exact) mass is 334 g/mol. The molecule has 1 fully saturated rings. The molecule has 1 saturated carbocycles. The molecule has 1 aliphatic rings. The van der Waals surface area contributed by atoms with Gasteiger partial charge in [-0.1, -0.05) is 23.7 Å². The van der Waals surface area contributed by atoms with Crippen LogP contribution in [-0.2, 0) is 5.54 Å². The Morgan fingerprint density at radius 3 is 2.48 bits per heavy atom. The lowest BCUT2D eigenvalue weighted by atomic mass is 10.1.